The summed E-state index contributed by atoms with van der Waals surface area (Å²) in [6, 6.07) is 24.1. The average Bonchev–Trinajstić information content (AvgIpc) is 2.68. The van der Waals surface area contributed by atoms with E-state index >= 15 is 0 Å². The molecule has 6 heteroatoms. The number of hydrogen-bond acceptors (Lipinski definition) is 4. The molecular formula is C20H16N4O2. The molecule has 3 aromatic carbocycles. The molecule has 0 atom stereocenters. The van der Waals surface area contributed by atoms with Crippen LogP contribution in [0.2, 0.25) is 0 Å². The molecule has 0 aliphatic heterocycles. The fourth-order valence-electron chi connectivity index (χ4n) is 2.18. The van der Waals surface area contributed by atoms with E-state index in [9.17, 15) is 9.59 Å². The molecule has 0 bridgehead atoms. The third-order valence-corrected chi connectivity index (χ3v) is 3.40. The summed E-state index contributed by atoms with van der Waals surface area (Å²) in [5, 5.41) is 13.1. The van der Waals surface area contributed by atoms with Gasteiger partial charge in [0.1, 0.15) is 0 Å². The van der Waals surface area contributed by atoms with Crippen molar-refractivity contribution in [1.82, 2.24) is 5.32 Å². The third kappa shape index (κ3) is 4.85. The van der Waals surface area contributed by atoms with Crippen molar-refractivity contribution in [3.8, 4) is 0 Å². The Labute approximate surface area is 150 Å². The van der Waals surface area contributed by atoms with Crippen molar-refractivity contribution in [2.75, 3.05) is 5.32 Å². The molecule has 3 amide bonds. The van der Waals surface area contributed by atoms with Crippen LogP contribution in [0.4, 0.5) is 21.9 Å². The lowest BCUT2D eigenvalue weighted by atomic mass is 10.2. The number of carbonyl (C=O) groups excluding carboxylic acids is 2. The first-order chi connectivity index (χ1) is 12.7. The summed E-state index contributed by atoms with van der Waals surface area (Å²) < 4.78 is 0. The lowest BCUT2D eigenvalue weighted by Crippen LogP contribution is -2.34. The summed E-state index contributed by atoms with van der Waals surface area (Å²) in [6.45, 7) is 0. The van der Waals surface area contributed by atoms with E-state index in [-0.39, 0.29) is 0 Å². The predicted octanol–water partition coefficient (Wildman–Crippen LogP) is 5.06. The van der Waals surface area contributed by atoms with Crippen molar-refractivity contribution in [3.63, 3.8) is 0 Å². The van der Waals surface area contributed by atoms with E-state index in [4.69, 9.17) is 0 Å². The van der Waals surface area contributed by atoms with Crippen molar-refractivity contribution < 1.29 is 9.59 Å². The van der Waals surface area contributed by atoms with Crippen LogP contribution >= 0.6 is 0 Å². The highest BCUT2D eigenvalue weighted by Crippen LogP contribution is 2.19. The van der Waals surface area contributed by atoms with Gasteiger partial charge in [0.25, 0.3) is 5.91 Å². The van der Waals surface area contributed by atoms with Gasteiger partial charge in [0.2, 0.25) is 0 Å². The largest absolute Gasteiger partial charge is 0.326 e. The van der Waals surface area contributed by atoms with E-state index < -0.39 is 11.9 Å². The molecule has 0 heterocycles. The topological polar surface area (TPSA) is 82.9 Å². The molecule has 0 fully saturated rings. The summed E-state index contributed by atoms with van der Waals surface area (Å²) in [5.74, 6) is -0.518. The third-order valence-electron chi connectivity index (χ3n) is 3.40. The maximum absolute atomic E-state index is 12.2. The molecule has 26 heavy (non-hydrogen) atoms. The Morgan fingerprint density at radius 3 is 2.04 bits per heavy atom. The molecule has 0 saturated heterocycles. The second-order valence-corrected chi connectivity index (χ2v) is 5.36. The normalized spacial score (nSPS) is 10.5. The van der Waals surface area contributed by atoms with Crippen LogP contribution in [0.1, 0.15) is 10.4 Å². The van der Waals surface area contributed by atoms with Crippen molar-refractivity contribution in [3.05, 3.63) is 90.5 Å². The number of nitrogens with one attached hydrogen (secondary N) is 2. The first-order valence-corrected chi connectivity index (χ1v) is 7.95. The molecule has 0 aliphatic carbocycles. The first-order valence-electron chi connectivity index (χ1n) is 7.95. The number of imide groups is 1. The molecule has 0 aliphatic rings. The predicted molar refractivity (Wildman–Crippen MR) is 100.0 cm³/mol. The molecule has 0 radical (unpaired) electrons. The summed E-state index contributed by atoms with van der Waals surface area (Å²) >= 11 is 0. The SMILES string of the molecule is O=C(NC(=O)c1cccc(N=Nc2ccccc2)c1)Nc1ccccc1. The van der Waals surface area contributed by atoms with Crippen LogP contribution in [0, 0.1) is 0 Å². The first kappa shape index (κ1) is 17.0. The van der Waals surface area contributed by atoms with E-state index in [1.807, 2.05) is 36.4 Å². The highest BCUT2D eigenvalue weighted by molar-refractivity contribution is 6.08. The van der Waals surface area contributed by atoms with Gasteiger partial charge < -0.3 is 5.32 Å². The van der Waals surface area contributed by atoms with Gasteiger partial charge in [-0.25, -0.2) is 4.79 Å². The van der Waals surface area contributed by atoms with E-state index in [1.165, 1.54) is 0 Å². The monoisotopic (exact) mass is 344 g/mol. The van der Waals surface area contributed by atoms with Crippen molar-refractivity contribution in [1.29, 1.82) is 0 Å². The van der Waals surface area contributed by atoms with Gasteiger partial charge in [-0.2, -0.15) is 10.2 Å². The van der Waals surface area contributed by atoms with Crippen LogP contribution in [-0.2, 0) is 0 Å². The summed E-state index contributed by atoms with van der Waals surface area (Å²) in [7, 11) is 0. The Morgan fingerprint density at radius 2 is 1.31 bits per heavy atom. The number of para-hydroxylation sites is 1. The lowest BCUT2D eigenvalue weighted by molar-refractivity contribution is 0.0967. The molecule has 128 valence electrons. The Balaban J connectivity index is 1.64. The van der Waals surface area contributed by atoms with Crippen molar-refractivity contribution in [2.45, 2.75) is 0 Å². The van der Waals surface area contributed by atoms with Gasteiger partial charge in [-0.15, -0.1) is 0 Å². The Hall–Kier alpha value is -3.80. The van der Waals surface area contributed by atoms with E-state index in [0.29, 0.717) is 22.6 Å². The van der Waals surface area contributed by atoms with Crippen molar-refractivity contribution >= 4 is 29.0 Å². The van der Waals surface area contributed by atoms with Gasteiger partial charge >= 0.3 is 6.03 Å². The molecule has 0 unspecified atom stereocenters. The molecule has 3 rings (SSSR count). The van der Waals surface area contributed by atoms with Crippen LogP contribution < -0.4 is 10.6 Å². The van der Waals surface area contributed by atoms with Crippen LogP contribution in [0.25, 0.3) is 0 Å². The number of anilines is 1. The van der Waals surface area contributed by atoms with Crippen LogP contribution in [0.5, 0.6) is 0 Å². The van der Waals surface area contributed by atoms with Gasteiger partial charge in [0.05, 0.1) is 11.4 Å². The number of azo groups is 1. The number of hydrogen-bond donors (Lipinski definition) is 2. The minimum Gasteiger partial charge on any atom is -0.308 e. The highest BCUT2D eigenvalue weighted by atomic mass is 16.2. The molecule has 0 spiro atoms. The summed E-state index contributed by atoms with van der Waals surface area (Å²) in [5.41, 5.74) is 2.15. The molecule has 6 nitrogen and oxygen atoms in total. The minimum atomic E-state index is -0.600. The van der Waals surface area contributed by atoms with E-state index in [2.05, 4.69) is 20.9 Å². The van der Waals surface area contributed by atoms with Crippen LogP contribution in [0.15, 0.2) is 95.2 Å². The Morgan fingerprint density at radius 1 is 0.692 bits per heavy atom. The molecule has 0 saturated carbocycles. The van der Waals surface area contributed by atoms with Crippen LogP contribution in [-0.4, -0.2) is 11.9 Å². The number of benzene rings is 3. The second-order valence-electron chi connectivity index (χ2n) is 5.36. The number of urea groups is 1. The standard InChI is InChI=1S/C20H16N4O2/c25-19(22-20(26)21-16-9-3-1-4-10-16)15-8-7-13-18(14-15)24-23-17-11-5-2-6-12-17/h1-14H,(H2,21,22,25,26). The van der Waals surface area contributed by atoms with Crippen molar-refractivity contribution in [2.24, 2.45) is 10.2 Å². The minimum absolute atomic E-state index is 0.317. The van der Waals surface area contributed by atoms with E-state index in [0.717, 1.165) is 0 Å². The maximum atomic E-state index is 12.2. The lowest BCUT2D eigenvalue weighted by Gasteiger charge is -2.06. The number of carbonyl (C=O) groups is 2. The van der Waals surface area contributed by atoms with Gasteiger partial charge in [0, 0.05) is 11.3 Å². The summed E-state index contributed by atoms with van der Waals surface area (Å²) in [6.07, 6.45) is 0. The molecule has 2 N–H and O–H groups in total. The van der Waals surface area contributed by atoms with Gasteiger partial charge in [-0.3, -0.25) is 10.1 Å². The quantitative estimate of drug-likeness (QED) is 0.648. The Bertz CT molecular complexity index is 925. The van der Waals surface area contributed by atoms with Gasteiger partial charge in [-0.1, -0.05) is 42.5 Å². The summed E-state index contributed by atoms with van der Waals surface area (Å²) in [4.78, 5) is 24.1. The zero-order chi connectivity index (χ0) is 18.2. The maximum Gasteiger partial charge on any atom is 0.326 e. The second kappa shape index (κ2) is 8.34. The zero-order valence-electron chi connectivity index (χ0n) is 13.8. The molecule has 0 aromatic heterocycles. The average molecular weight is 344 g/mol. The zero-order valence-corrected chi connectivity index (χ0v) is 13.8. The smallest absolute Gasteiger partial charge is 0.308 e. The molecular weight excluding hydrogens is 328 g/mol. The fraction of sp³-hybridized carbons (Fsp3) is 0. The number of amides is 3. The number of nitrogens with zero attached hydrogens (tertiary/aromatic N) is 2. The number of rotatable bonds is 4. The van der Waals surface area contributed by atoms with Crippen LogP contribution in [0.3, 0.4) is 0 Å². The molecule has 3 aromatic rings. The van der Waals surface area contributed by atoms with Gasteiger partial charge in [0.15, 0.2) is 0 Å². The highest BCUT2D eigenvalue weighted by Gasteiger charge is 2.10. The van der Waals surface area contributed by atoms with E-state index in [1.54, 1.807) is 48.5 Å². The van der Waals surface area contributed by atoms with Gasteiger partial charge in [-0.05, 0) is 42.5 Å². The fourth-order valence-corrected chi connectivity index (χ4v) is 2.18. The Kier molecular flexibility index (Phi) is 5.47.